The van der Waals surface area contributed by atoms with Gasteiger partial charge in [0, 0.05) is 10.2 Å². The summed E-state index contributed by atoms with van der Waals surface area (Å²) in [6, 6.07) is 11.1. The van der Waals surface area contributed by atoms with Crippen LogP contribution in [0, 0.1) is 12.7 Å². The summed E-state index contributed by atoms with van der Waals surface area (Å²) in [6.07, 6.45) is 0. The van der Waals surface area contributed by atoms with Gasteiger partial charge in [-0.05, 0) is 58.7 Å². The van der Waals surface area contributed by atoms with Gasteiger partial charge >= 0.3 is 0 Å². The Morgan fingerprint density at radius 3 is 2.57 bits per heavy atom. The van der Waals surface area contributed by atoms with Crippen molar-refractivity contribution >= 4 is 33.4 Å². The summed E-state index contributed by atoms with van der Waals surface area (Å²) in [7, 11) is 0. The van der Waals surface area contributed by atoms with Crippen molar-refractivity contribution in [1.29, 1.82) is 0 Å². The number of hydrazine groups is 1. The SMILES string of the molecule is Cc1cc(F)ccc1NCC(=O)NNC(=O)c1ccccc1Br. The first-order valence-electron chi connectivity index (χ1n) is 6.81. The molecular formula is C16H15BrFN3O2. The maximum Gasteiger partial charge on any atom is 0.270 e. The van der Waals surface area contributed by atoms with E-state index in [2.05, 4.69) is 32.1 Å². The molecule has 0 bridgehead atoms. The first-order valence-corrected chi connectivity index (χ1v) is 7.60. The predicted molar refractivity (Wildman–Crippen MR) is 89.4 cm³/mol. The van der Waals surface area contributed by atoms with Crippen LogP contribution < -0.4 is 16.2 Å². The number of nitrogens with one attached hydrogen (secondary N) is 3. The normalized spacial score (nSPS) is 10.0. The molecule has 120 valence electrons. The van der Waals surface area contributed by atoms with Gasteiger partial charge in [0.1, 0.15) is 5.82 Å². The molecule has 3 N–H and O–H groups in total. The Labute approximate surface area is 141 Å². The largest absolute Gasteiger partial charge is 0.376 e. The van der Waals surface area contributed by atoms with E-state index in [4.69, 9.17) is 0 Å². The number of amides is 2. The summed E-state index contributed by atoms with van der Waals surface area (Å²) in [5, 5.41) is 2.88. The number of aryl methyl sites for hydroxylation is 1. The Hall–Kier alpha value is -2.41. The van der Waals surface area contributed by atoms with Crippen molar-refractivity contribution in [3.8, 4) is 0 Å². The highest BCUT2D eigenvalue weighted by atomic mass is 79.9. The standard InChI is InChI=1S/C16H15BrFN3O2/c1-10-8-11(18)6-7-14(10)19-9-15(22)20-21-16(23)12-4-2-3-5-13(12)17/h2-8,19H,9H2,1H3,(H,20,22)(H,21,23). The lowest BCUT2D eigenvalue weighted by molar-refractivity contribution is -0.120. The number of carbonyl (C=O) groups is 2. The molecule has 0 heterocycles. The third-order valence-corrected chi connectivity index (χ3v) is 3.75. The molecule has 0 aliphatic rings. The fraction of sp³-hybridized carbons (Fsp3) is 0.125. The number of hydrogen-bond acceptors (Lipinski definition) is 3. The lowest BCUT2D eigenvalue weighted by Crippen LogP contribution is -2.44. The smallest absolute Gasteiger partial charge is 0.270 e. The first-order chi connectivity index (χ1) is 11.0. The molecule has 2 aromatic rings. The van der Waals surface area contributed by atoms with Crippen LogP contribution in [0.4, 0.5) is 10.1 Å². The van der Waals surface area contributed by atoms with Crippen LogP contribution in [0.3, 0.4) is 0 Å². The van der Waals surface area contributed by atoms with Gasteiger partial charge in [-0.2, -0.15) is 0 Å². The molecule has 0 spiro atoms. The van der Waals surface area contributed by atoms with Crippen molar-refractivity contribution < 1.29 is 14.0 Å². The molecule has 0 fully saturated rings. The van der Waals surface area contributed by atoms with Crippen molar-refractivity contribution in [1.82, 2.24) is 10.9 Å². The minimum absolute atomic E-state index is 0.0529. The Morgan fingerprint density at radius 1 is 1.13 bits per heavy atom. The van der Waals surface area contributed by atoms with E-state index in [0.717, 1.165) is 0 Å². The van der Waals surface area contributed by atoms with Gasteiger partial charge in [0.05, 0.1) is 12.1 Å². The molecule has 0 aliphatic carbocycles. The molecule has 0 saturated heterocycles. The number of carbonyl (C=O) groups excluding carboxylic acids is 2. The van der Waals surface area contributed by atoms with Crippen LogP contribution >= 0.6 is 15.9 Å². The average molecular weight is 380 g/mol. The zero-order chi connectivity index (χ0) is 16.8. The number of benzene rings is 2. The van der Waals surface area contributed by atoms with Crippen molar-refractivity contribution in [3.63, 3.8) is 0 Å². The Bertz CT molecular complexity index is 737. The van der Waals surface area contributed by atoms with E-state index in [9.17, 15) is 14.0 Å². The summed E-state index contributed by atoms with van der Waals surface area (Å²) in [6.45, 7) is 1.68. The molecule has 0 atom stereocenters. The van der Waals surface area contributed by atoms with Crippen LogP contribution in [0.5, 0.6) is 0 Å². The fourth-order valence-electron chi connectivity index (χ4n) is 1.88. The van der Waals surface area contributed by atoms with E-state index < -0.39 is 11.8 Å². The van der Waals surface area contributed by atoms with Gasteiger partial charge in [0.15, 0.2) is 0 Å². The molecule has 2 rings (SSSR count). The minimum atomic E-state index is -0.427. The van der Waals surface area contributed by atoms with Crippen LogP contribution in [0.1, 0.15) is 15.9 Å². The third-order valence-electron chi connectivity index (χ3n) is 3.06. The highest BCUT2D eigenvalue weighted by Gasteiger charge is 2.10. The third kappa shape index (κ3) is 4.79. The Morgan fingerprint density at radius 2 is 1.87 bits per heavy atom. The second-order valence-corrected chi connectivity index (χ2v) is 5.65. The van der Waals surface area contributed by atoms with E-state index in [1.807, 2.05) is 0 Å². The lowest BCUT2D eigenvalue weighted by Gasteiger charge is -2.11. The highest BCUT2D eigenvalue weighted by Crippen LogP contribution is 2.16. The van der Waals surface area contributed by atoms with E-state index >= 15 is 0 Å². The van der Waals surface area contributed by atoms with E-state index in [0.29, 0.717) is 21.3 Å². The van der Waals surface area contributed by atoms with Crippen molar-refractivity contribution in [2.24, 2.45) is 0 Å². The predicted octanol–water partition coefficient (Wildman–Crippen LogP) is 2.77. The minimum Gasteiger partial charge on any atom is -0.376 e. The van der Waals surface area contributed by atoms with Crippen LogP contribution in [0.15, 0.2) is 46.9 Å². The Balaban J connectivity index is 1.83. The molecule has 0 radical (unpaired) electrons. The van der Waals surface area contributed by atoms with Gasteiger partial charge in [0.2, 0.25) is 0 Å². The van der Waals surface area contributed by atoms with Crippen LogP contribution in [0.25, 0.3) is 0 Å². The van der Waals surface area contributed by atoms with Crippen molar-refractivity contribution in [3.05, 3.63) is 63.9 Å². The molecule has 23 heavy (non-hydrogen) atoms. The lowest BCUT2D eigenvalue weighted by atomic mass is 10.2. The number of hydrogen-bond donors (Lipinski definition) is 3. The number of rotatable bonds is 4. The zero-order valence-corrected chi connectivity index (χ0v) is 13.9. The molecular weight excluding hydrogens is 365 g/mol. The van der Waals surface area contributed by atoms with Crippen LogP contribution in [0.2, 0.25) is 0 Å². The number of halogens is 2. The summed E-state index contributed by atoms with van der Waals surface area (Å²) >= 11 is 3.26. The van der Waals surface area contributed by atoms with Gasteiger partial charge in [-0.1, -0.05) is 12.1 Å². The number of anilines is 1. The summed E-state index contributed by atoms with van der Waals surface area (Å²) in [4.78, 5) is 23.7. The van der Waals surface area contributed by atoms with Crippen LogP contribution in [-0.2, 0) is 4.79 Å². The van der Waals surface area contributed by atoms with E-state index in [1.54, 1.807) is 37.3 Å². The van der Waals surface area contributed by atoms with E-state index in [-0.39, 0.29) is 12.4 Å². The highest BCUT2D eigenvalue weighted by molar-refractivity contribution is 9.10. The van der Waals surface area contributed by atoms with Gasteiger partial charge in [-0.3, -0.25) is 20.4 Å². The monoisotopic (exact) mass is 379 g/mol. The zero-order valence-electron chi connectivity index (χ0n) is 12.3. The second kappa shape index (κ2) is 7.73. The Kier molecular flexibility index (Phi) is 5.70. The maximum absolute atomic E-state index is 13.0. The second-order valence-electron chi connectivity index (χ2n) is 4.79. The average Bonchev–Trinajstić information content (AvgIpc) is 2.52. The molecule has 0 unspecified atom stereocenters. The van der Waals surface area contributed by atoms with Crippen molar-refractivity contribution in [2.75, 3.05) is 11.9 Å². The molecule has 2 amide bonds. The topological polar surface area (TPSA) is 70.2 Å². The molecule has 0 aromatic heterocycles. The summed E-state index contributed by atoms with van der Waals surface area (Å²) in [5.41, 5.74) is 6.40. The molecule has 2 aromatic carbocycles. The summed E-state index contributed by atoms with van der Waals surface area (Å²) < 4.78 is 13.6. The molecule has 5 nitrogen and oxygen atoms in total. The summed E-state index contributed by atoms with van der Waals surface area (Å²) in [5.74, 6) is -1.18. The van der Waals surface area contributed by atoms with E-state index in [1.165, 1.54) is 12.1 Å². The first kappa shape index (κ1) is 17.0. The molecule has 7 heteroatoms. The molecule has 0 aliphatic heterocycles. The van der Waals surface area contributed by atoms with Gasteiger partial charge in [0.25, 0.3) is 11.8 Å². The fourth-order valence-corrected chi connectivity index (χ4v) is 2.35. The quantitative estimate of drug-likeness (QED) is 0.715. The van der Waals surface area contributed by atoms with Gasteiger partial charge in [-0.25, -0.2) is 4.39 Å². The maximum atomic E-state index is 13.0. The van der Waals surface area contributed by atoms with Crippen molar-refractivity contribution in [2.45, 2.75) is 6.92 Å². The molecule has 0 saturated carbocycles. The van der Waals surface area contributed by atoms with Gasteiger partial charge in [-0.15, -0.1) is 0 Å². The van der Waals surface area contributed by atoms with Crippen LogP contribution in [-0.4, -0.2) is 18.4 Å². The van der Waals surface area contributed by atoms with Gasteiger partial charge < -0.3 is 5.32 Å².